The van der Waals surface area contributed by atoms with Gasteiger partial charge < -0.3 is 0 Å². The molecule has 1 heterocycles. The number of sulfonamides is 1. The number of amides is 2. The van der Waals surface area contributed by atoms with E-state index in [0.717, 1.165) is 26.9 Å². The molecule has 0 atom stereocenters. The summed E-state index contributed by atoms with van der Waals surface area (Å²) in [5.41, 5.74) is 8.46. The van der Waals surface area contributed by atoms with Crippen LogP contribution in [0, 0.1) is 20.8 Å². The summed E-state index contributed by atoms with van der Waals surface area (Å²) in [7, 11) is -2.52. The molecular weight excluding hydrogens is 430 g/mol. The number of aryl methyl sites for hydroxylation is 3. The van der Waals surface area contributed by atoms with Crippen LogP contribution in [0.1, 0.15) is 27.3 Å². The quantitative estimate of drug-likeness (QED) is 0.551. The van der Waals surface area contributed by atoms with Crippen molar-refractivity contribution in [3.63, 3.8) is 0 Å². The van der Waals surface area contributed by atoms with Crippen molar-refractivity contribution in [2.24, 2.45) is 0 Å². The summed E-state index contributed by atoms with van der Waals surface area (Å²) in [4.78, 5) is 24.6. The van der Waals surface area contributed by atoms with E-state index in [-0.39, 0.29) is 4.90 Å². The fourth-order valence-corrected chi connectivity index (χ4v) is 4.19. The van der Waals surface area contributed by atoms with E-state index in [1.807, 2.05) is 26.8 Å². The molecule has 0 radical (unpaired) electrons. The average Bonchev–Trinajstić information content (AvgIpc) is 3.10. The lowest BCUT2D eigenvalue weighted by Gasteiger charge is -2.17. The number of likely N-dealkylation sites (N-methyl/N-ethyl adjacent to an activating group) is 1. The van der Waals surface area contributed by atoms with Crippen LogP contribution in [0.3, 0.4) is 0 Å². The van der Waals surface area contributed by atoms with Crippen molar-refractivity contribution in [3.8, 4) is 5.69 Å². The van der Waals surface area contributed by atoms with Gasteiger partial charge in [-0.3, -0.25) is 20.4 Å². The molecule has 9 nitrogen and oxygen atoms in total. The Balaban J connectivity index is 1.57. The summed E-state index contributed by atoms with van der Waals surface area (Å²) in [6.45, 7) is 5.24. The van der Waals surface area contributed by atoms with E-state index < -0.39 is 28.4 Å². The van der Waals surface area contributed by atoms with E-state index in [2.05, 4.69) is 16.0 Å². The lowest BCUT2D eigenvalue weighted by Crippen LogP contribution is -2.46. The van der Waals surface area contributed by atoms with E-state index >= 15 is 0 Å². The second kappa shape index (κ2) is 9.33. The van der Waals surface area contributed by atoms with Crippen molar-refractivity contribution in [2.75, 3.05) is 13.6 Å². The van der Waals surface area contributed by atoms with Gasteiger partial charge in [0.05, 0.1) is 22.8 Å². The fraction of sp³-hybridized carbons (Fsp3) is 0.227. The van der Waals surface area contributed by atoms with Crippen LogP contribution in [0.25, 0.3) is 5.69 Å². The summed E-state index contributed by atoms with van der Waals surface area (Å²) in [5, 5.41) is 4.39. The SMILES string of the molecule is Cc1ccc(S(=O)(=O)N(C)CC(=O)NNC(=O)c2ccc(-n3nc(C)cc3C)cc2)cc1. The van der Waals surface area contributed by atoms with Crippen molar-refractivity contribution in [2.45, 2.75) is 25.7 Å². The lowest BCUT2D eigenvalue weighted by atomic mass is 10.2. The van der Waals surface area contributed by atoms with Gasteiger partial charge in [-0.05, 0) is 63.2 Å². The van der Waals surface area contributed by atoms with Crippen molar-refractivity contribution in [1.29, 1.82) is 0 Å². The van der Waals surface area contributed by atoms with E-state index in [0.29, 0.717) is 5.56 Å². The van der Waals surface area contributed by atoms with Crippen molar-refractivity contribution >= 4 is 21.8 Å². The number of carbonyl (C=O) groups excluding carboxylic acids is 2. The van der Waals surface area contributed by atoms with Gasteiger partial charge in [0.2, 0.25) is 10.0 Å². The Hall–Kier alpha value is -3.50. The van der Waals surface area contributed by atoms with Crippen molar-refractivity contribution in [3.05, 3.63) is 77.1 Å². The lowest BCUT2D eigenvalue weighted by molar-refractivity contribution is -0.121. The Morgan fingerprint density at radius 2 is 1.59 bits per heavy atom. The highest BCUT2D eigenvalue weighted by atomic mass is 32.2. The minimum atomic E-state index is -3.82. The zero-order valence-corrected chi connectivity index (χ0v) is 19.1. The largest absolute Gasteiger partial charge is 0.272 e. The first kappa shape index (κ1) is 23.2. The first-order valence-corrected chi connectivity index (χ1v) is 11.3. The number of hydrogen-bond acceptors (Lipinski definition) is 5. The topological polar surface area (TPSA) is 113 Å². The van der Waals surface area contributed by atoms with Crippen LogP contribution >= 0.6 is 0 Å². The number of aromatic nitrogens is 2. The van der Waals surface area contributed by atoms with Crippen LogP contribution in [0.15, 0.2) is 59.5 Å². The maximum absolute atomic E-state index is 12.6. The molecule has 0 unspecified atom stereocenters. The van der Waals surface area contributed by atoms with Gasteiger partial charge in [0.25, 0.3) is 11.8 Å². The van der Waals surface area contributed by atoms with Crippen LogP contribution in [-0.4, -0.2) is 47.9 Å². The van der Waals surface area contributed by atoms with E-state index in [1.54, 1.807) is 41.1 Å². The summed E-state index contributed by atoms with van der Waals surface area (Å²) < 4.78 is 27.8. The molecule has 10 heteroatoms. The molecule has 168 valence electrons. The molecule has 1 aromatic heterocycles. The minimum absolute atomic E-state index is 0.0881. The summed E-state index contributed by atoms with van der Waals surface area (Å²) in [5.74, 6) is -1.20. The maximum Gasteiger partial charge on any atom is 0.269 e. The van der Waals surface area contributed by atoms with Gasteiger partial charge in [0.1, 0.15) is 0 Å². The van der Waals surface area contributed by atoms with Crippen LogP contribution in [0.4, 0.5) is 0 Å². The van der Waals surface area contributed by atoms with Gasteiger partial charge in [-0.25, -0.2) is 13.1 Å². The molecule has 2 N–H and O–H groups in total. The van der Waals surface area contributed by atoms with Gasteiger partial charge in [-0.1, -0.05) is 17.7 Å². The van der Waals surface area contributed by atoms with Gasteiger partial charge in [0, 0.05) is 18.3 Å². The number of nitrogens with zero attached hydrogens (tertiary/aromatic N) is 3. The number of nitrogens with one attached hydrogen (secondary N) is 2. The van der Waals surface area contributed by atoms with Crippen molar-refractivity contribution < 1.29 is 18.0 Å². The Bertz CT molecular complexity index is 1230. The summed E-state index contributed by atoms with van der Waals surface area (Å²) in [6, 6.07) is 15.0. The third-order valence-corrected chi connectivity index (χ3v) is 6.61. The van der Waals surface area contributed by atoms with Gasteiger partial charge >= 0.3 is 0 Å². The van der Waals surface area contributed by atoms with Crippen LogP contribution in [0.5, 0.6) is 0 Å². The first-order chi connectivity index (χ1) is 15.1. The smallest absolute Gasteiger partial charge is 0.269 e. The van der Waals surface area contributed by atoms with E-state index in [1.165, 1.54) is 19.2 Å². The maximum atomic E-state index is 12.6. The third-order valence-electron chi connectivity index (χ3n) is 4.79. The molecule has 0 saturated heterocycles. The third kappa shape index (κ3) is 5.21. The standard InChI is InChI=1S/C22H25N5O4S/c1-15-5-11-20(12-6-15)32(30,31)26(4)14-21(28)23-24-22(29)18-7-9-19(10-8-18)27-17(3)13-16(2)25-27/h5-13H,14H2,1-4H3,(H,23,28)(H,24,29). The van der Waals surface area contributed by atoms with Gasteiger partial charge in [-0.15, -0.1) is 0 Å². The highest BCUT2D eigenvalue weighted by molar-refractivity contribution is 7.89. The summed E-state index contributed by atoms with van der Waals surface area (Å²) in [6.07, 6.45) is 0. The van der Waals surface area contributed by atoms with Gasteiger partial charge in [0.15, 0.2) is 0 Å². The Morgan fingerprint density at radius 1 is 0.969 bits per heavy atom. The molecule has 0 spiro atoms. The summed E-state index contributed by atoms with van der Waals surface area (Å²) >= 11 is 0. The molecule has 0 aliphatic carbocycles. The second-order valence-electron chi connectivity index (χ2n) is 7.46. The first-order valence-electron chi connectivity index (χ1n) is 9.84. The van der Waals surface area contributed by atoms with Crippen LogP contribution < -0.4 is 10.9 Å². The molecule has 32 heavy (non-hydrogen) atoms. The number of rotatable bonds is 6. The fourth-order valence-electron chi connectivity index (χ4n) is 3.06. The monoisotopic (exact) mass is 455 g/mol. The number of hydrogen-bond donors (Lipinski definition) is 2. The molecule has 0 saturated carbocycles. The molecule has 3 aromatic rings. The van der Waals surface area contributed by atoms with E-state index in [4.69, 9.17) is 0 Å². The van der Waals surface area contributed by atoms with Gasteiger partial charge in [-0.2, -0.15) is 9.40 Å². The molecule has 0 fully saturated rings. The Morgan fingerprint density at radius 3 is 2.16 bits per heavy atom. The minimum Gasteiger partial charge on any atom is -0.272 e. The number of carbonyl (C=O) groups is 2. The molecule has 2 amide bonds. The predicted octanol–water partition coefficient (Wildman–Crippen LogP) is 1.88. The van der Waals surface area contributed by atoms with Crippen LogP contribution in [-0.2, 0) is 14.8 Å². The number of benzene rings is 2. The average molecular weight is 456 g/mol. The van der Waals surface area contributed by atoms with Crippen molar-refractivity contribution in [1.82, 2.24) is 24.9 Å². The van der Waals surface area contributed by atoms with Crippen LogP contribution in [0.2, 0.25) is 0 Å². The second-order valence-corrected chi connectivity index (χ2v) is 9.51. The number of hydrazine groups is 1. The zero-order chi connectivity index (χ0) is 23.5. The molecule has 3 rings (SSSR count). The highest BCUT2D eigenvalue weighted by Crippen LogP contribution is 2.15. The Kier molecular flexibility index (Phi) is 6.75. The highest BCUT2D eigenvalue weighted by Gasteiger charge is 2.23. The zero-order valence-electron chi connectivity index (χ0n) is 18.3. The predicted molar refractivity (Wildman–Crippen MR) is 120 cm³/mol. The van der Waals surface area contributed by atoms with E-state index in [9.17, 15) is 18.0 Å². The molecule has 0 bridgehead atoms. The molecular formula is C22H25N5O4S. The Labute approximate surface area is 187 Å². The molecule has 0 aliphatic heterocycles. The molecule has 2 aromatic carbocycles. The molecule has 0 aliphatic rings. The normalized spacial score (nSPS) is 11.4.